The molecule has 1 atom stereocenters. The van der Waals surface area contributed by atoms with E-state index in [0.717, 1.165) is 18.7 Å². The maximum Gasteiger partial charge on any atom is 0.161 e. The molecule has 15 heavy (non-hydrogen) atoms. The summed E-state index contributed by atoms with van der Waals surface area (Å²) in [7, 11) is 1.91. The third-order valence-electron chi connectivity index (χ3n) is 2.91. The predicted octanol–water partition coefficient (Wildman–Crippen LogP) is 0.693. The van der Waals surface area contributed by atoms with E-state index in [4.69, 9.17) is 0 Å². The lowest BCUT2D eigenvalue weighted by atomic mass is 10.1. The molecule has 1 aliphatic rings. The molecule has 1 aromatic heterocycles. The van der Waals surface area contributed by atoms with Crippen molar-refractivity contribution in [3.8, 4) is 0 Å². The number of aliphatic hydroxyl groups excluding tert-OH is 1. The summed E-state index contributed by atoms with van der Waals surface area (Å²) in [6, 6.07) is 0. The quantitative estimate of drug-likeness (QED) is 0.774. The highest BCUT2D eigenvalue weighted by Gasteiger charge is 2.33. The van der Waals surface area contributed by atoms with E-state index in [0.29, 0.717) is 12.8 Å². The number of nitrogens with zero attached hydrogens (tertiary/aromatic N) is 2. The van der Waals surface area contributed by atoms with Crippen LogP contribution in [-0.2, 0) is 18.3 Å². The summed E-state index contributed by atoms with van der Waals surface area (Å²) in [5.41, 5.74) is 0. The van der Waals surface area contributed by atoms with Gasteiger partial charge in [0.05, 0.1) is 0 Å². The minimum Gasteiger partial charge on any atom is -0.385 e. The van der Waals surface area contributed by atoms with E-state index in [1.54, 1.807) is 6.20 Å². The first-order chi connectivity index (χ1) is 7.18. The molecule has 1 saturated carbocycles. The van der Waals surface area contributed by atoms with Crippen molar-refractivity contribution < 1.29 is 9.90 Å². The molecule has 1 aromatic rings. The Labute approximate surface area is 88.9 Å². The van der Waals surface area contributed by atoms with Crippen LogP contribution in [0.2, 0.25) is 0 Å². The number of ketones is 1. The van der Waals surface area contributed by atoms with Gasteiger partial charge in [0.15, 0.2) is 5.78 Å². The van der Waals surface area contributed by atoms with Crippen LogP contribution in [0, 0.1) is 5.92 Å². The van der Waals surface area contributed by atoms with Gasteiger partial charge in [0, 0.05) is 32.3 Å². The van der Waals surface area contributed by atoms with Crippen molar-refractivity contribution in [2.24, 2.45) is 13.0 Å². The average molecular weight is 208 g/mol. The monoisotopic (exact) mass is 208 g/mol. The number of aromatic nitrogens is 2. The standard InChI is InChI=1S/C11H16N2O2/c1-13-7-6-12-10(13)5-4-9(14)11(15)8-2-3-8/h6-8,11,15H,2-5H2,1H3. The molecule has 0 bridgehead atoms. The first kappa shape index (κ1) is 10.4. The summed E-state index contributed by atoms with van der Waals surface area (Å²) in [5, 5.41) is 9.58. The van der Waals surface area contributed by atoms with Crippen molar-refractivity contribution in [2.75, 3.05) is 0 Å². The number of carbonyl (C=O) groups excluding carboxylic acids is 1. The van der Waals surface area contributed by atoms with Gasteiger partial charge in [-0.1, -0.05) is 0 Å². The van der Waals surface area contributed by atoms with Crippen LogP contribution in [0.3, 0.4) is 0 Å². The molecule has 1 N–H and O–H groups in total. The van der Waals surface area contributed by atoms with E-state index in [9.17, 15) is 9.90 Å². The molecule has 1 aliphatic carbocycles. The molecule has 0 radical (unpaired) electrons. The molecule has 82 valence electrons. The molecule has 0 aliphatic heterocycles. The largest absolute Gasteiger partial charge is 0.385 e. The zero-order valence-electron chi connectivity index (χ0n) is 8.89. The fourth-order valence-corrected chi connectivity index (χ4v) is 1.70. The number of hydrogen-bond donors (Lipinski definition) is 1. The van der Waals surface area contributed by atoms with Gasteiger partial charge in [-0.15, -0.1) is 0 Å². The first-order valence-corrected chi connectivity index (χ1v) is 5.35. The number of aliphatic hydroxyl groups is 1. The van der Waals surface area contributed by atoms with Crippen LogP contribution in [0.4, 0.5) is 0 Å². The summed E-state index contributed by atoms with van der Waals surface area (Å²) in [6.07, 6.45) is 5.85. The van der Waals surface area contributed by atoms with E-state index in [-0.39, 0.29) is 11.7 Å². The van der Waals surface area contributed by atoms with Crippen molar-refractivity contribution in [2.45, 2.75) is 31.8 Å². The highest BCUT2D eigenvalue weighted by molar-refractivity contribution is 5.83. The lowest BCUT2D eigenvalue weighted by molar-refractivity contribution is -0.128. The number of hydrogen-bond acceptors (Lipinski definition) is 3. The number of rotatable bonds is 5. The summed E-state index contributed by atoms with van der Waals surface area (Å²) in [6.45, 7) is 0. The molecule has 1 fully saturated rings. The number of carbonyl (C=O) groups is 1. The van der Waals surface area contributed by atoms with Gasteiger partial charge in [0.1, 0.15) is 11.9 Å². The first-order valence-electron chi connectivity index (χ1n) is 5.35. The van der Waals surface area contributed by atoms with Crippen LogP contribution in [-0.4, -0.2) is 26.5 Å². The van der Waals surface area contributed by atoms with Gasteiger partial charge in [-0.2, -0.15) is 0 Å². The predicted molar refractivity (Wildman–Crippen MR) is 55.3 cm³/mol. The topological polar surface area (TPSA) is 55.1 Å². The smallest absolute Gasteiger partial charge is 0.161 e. The molecule has 1 unspecified atom stereocenters. The van der Waals surface area contributed by atoms with Gasteiger partial charge in [-0.05, 0) is 18.8 Å². The molecule has 2 rings (SSSR count). The number of imidazole rings is 1. The van der Waals surface area contributed by atoms with Crippen molar-refractivity contribution in [1.82, 2.24) is 9.55 Å². The van der Waals surface area contributed by atoms with Gasteiger partial charge >= 0.3 is 0 Å². The normalized spacial score (nSPS) is 17.7. The van der Waals surface area contributed by atoms with Gasteiger partial charge < -0.3 is 9.67 Å². The minimum atomic E-state index is -0.731. The fraction of sp³-hybridized carbons (Fsp3) is 0.636. The second-order valence-electron chi connectivity index (χ2n) is 4.20. The van der Waals surface area contributed by atoms with Crippen molar-refractivity contribution in [1.29, 1.82) is 0 Å². The molecular weight excluding hydrogens is 192 g/mol. The second kappa shape index (κ2) is 4.14. The number of aryl methyl sites for hydroxylation is 2. The Balaban J connectivity index is 1.82. The average Bonchev–Trinajstić information content (AvgIpc) is 2.99. The number of Topliss-reactive ketones (excluding diaryl/α,β-unsaturated/α-hetero) is 1. The van der Waals surface area contributed by atoms with Crippen molar-refractivity contribution >= 4 is 5.78 Å². The van der Waals surface area contributed by atoms with Gasteiger partial charge in [-0.3, -0.25) is 4.79 Å². The van der Waals surface area contributed by atoms with E-state index >= 15 is 0 Å². The molecule has 0 saturated heterocycles. The van der Waals surface area contributed by atoms with Crippen LogP contribution < -0.4 is 0 Å². The van der Waals surface area contributed by atoms with E-state index in [1.165, 1.54) is 0 Å². The molecule has 4 heteroatoms. The van der Waals surface area contributed by atoms with E-state index < -0.39 is 6.10 Å². The van der Waals surface area contributed by atoms with Crippen LogP contribution >= 0.6 is 0 Å². The third-order valence-corrected chi connectivity index (χ3v) is 2.91. The zero-order chi connectivity index (χ0) is 10.8. The third kappa shape index (κ3) is 2.45. The van der Waals surface area contributed by atoms with Crippen LogP contribution in [0.15, 0.2) is 12.4 Å². The Hall–Kier alpha value is -1.16. The molecule has 4 nitrogen and oxygen atoms in total. The maximum absolute atomic E-state index is 11.5. The van der Waals surface area contributed by atoms with E-state index in [1.807, 2.05) is 17.8 Å². The Bertz CT molecular complexity index is 355. The highest BCUT2D eigenvalue weighted by Crippen LogP contribution is 2.33. The Kier molecular flexibility index (Phi) is 2.86. The molecule has 0 amide bonds. The SMILES string of the molecule is Cn1ccnc1CCC(=O)C(O)C1CC1. The second-order valence-corrected chi connectivity index (χ2v) is 4.20. The van der Waals surface area contributed by atoms with Crippen LogP contribution in [0.1, 0.15) is 25.1 Å². The lowest BCUT2D eigenvalue weighted by Crippen LogP contribution is -2.23. The zero-order valence-corrected chi connectivity index (χ0v) is 8.89. The summed E-state index contributed by atoms with van der Waals surface area (Å²) in [4.78, 5) is 15.7. The maximum atomic E-state index is 11.5. The Morgan fingerprint density at radius 2 is 2.47 bits per heavy atom. The minimum absolute atomic E-state index is 0.0412. The van der Waals surface area contributed by atoms with Crippen LogP contribution in [0.25, 0.3) is 0 Å². The van der Waals surface area contributed by atoms with Crippen molar-refractivity contribution in [3.63, 3.8) is 0 Å². The van der Waals surface area contributed by atoms with Gasteiger partial charge in [-0.25, -0.2) is 4.98 Å². The molecule has 0 aromatic carbocycles. The Morgan fingerprint density at radius 3 is 3.00 bits per heavy atom. The molecular formula is C11H16N2O2. The summed E-state index contributed by atoms with van der Waals surface area (Å²) < 4.78 is 1.90. The fourth-order valence-electron chi connectivity index (χ4n) is 1.70. The summed E-state index contributed by atoms with van der Waals surface area (Å²) in [5.74, 6) is 1.09. The molecule has 0 spiro atoms. The Morgan fingerprint density at radius 1 is 1.73 bits per heavy atom. The molecule has 1 heterocycles. The lowest BCUT2D eigenvalue weighted by Gasteiger charge is -2.07. The van der Waals surface area contributed by atoms with Crippen molar-refractivity contribution in [3.05, 3.63) is 18.2 Å². The van der Waals surface area contributed by atoms with Gasteiger partial charge in [0.25, 0.3) is 0 Å². The highest BCUT2D eigenvalue weighted by atomic mass is 16.3. The van der Waals surface area contributed by atoms with E-state index in [2.05, 4.69) is 4.98 Å². The van der Waals surface area contributed by atoms with Crippen LogP contribution in [0.5, 0.6) is 0 Å². The van der Waals surface area contributed by atoms with Gasteiger partial charge in [0.2, 0.25) is 0 Å². The summed E-state index contributed by atoms with van der Waals surface area (Å²) >= 11 is 0.